The first-order valence-corrected chi connectivity index (χ1v) is 11.2. The largest absolute Gasteiger partial charge is 0.347 e. The Morgan fingerprint density at radius 1 is 1.03 bits per heavy atom. The number of nitrogens with zero attached hydrogens (tertiary/aromatic N) is 1. The van der Waals surface area contributed by atoms with Gasteiger partial charge in [0.25, 0.3) is 11.8 Å². The molecule has 1 atom stereocenters. The molecule has 2 amide bonds. The molecule has 0 saturated carbocycles. The maximum Gasteiger partial charge on any atom is 0.278 e. The number of likely N-dealkylation sites (N-methyl/N-ethyl adjacent to an activating group) is 1. The quantitative estimate of drug-likeness (QED) is 0.528. The number of benzene rings is 2. The molecule has 1 fully saturated rings. The van der Waals surface area contributed by atoms with Crippen molar-refractivity contribution in [2.24, 2.45) is 0 Å². The first kappa shape index (κ1) is 23.0. The first-order chi connectivity index (χ1) is 14.9. The van der Waals surface area contributed by atoms with Crippen molar-refractivity contribution in [3.05, 3.63) is 70.8 Å². The summed E-state index contributed by atoms with van der Waals surface area (Å²) >= 11 is 0. The van der Waals surface area contributed by atoms with Gasteiger partial charge in [0.2, 0.25) is 0 Å². The Hall–Kier alpha value is -2.70. The van der Waals surface area contributed by atoms with Gasteiger partial charge >= 0.3 is 0 Å². The van der Waals surface area contributed by atoms with Crippen LogP contribution in [0.25, 0.3) is 0 Å². The lowest BCUT2D eigenvalue weighted by molar-refractivity contribution is -0.917. The highest BCUT2D eigenvalue weighted by molar-refractivity contribution is 5.79. The second-order valence-electron chi connectivity index (χ2n) is 8.81. The van der Waals surface area contributed by atoms with E-state index in [0.717, 1.165) is 43.2 Å². The van der Waals surface area contributed by atoms with Crippen molar-refractivity contribution in [2.45, 2.75) is 26.9 Å². The van der Waals surface area contributed by atoms with Crippen LogP contribution in [0, 0.1) is 13.8 Å². The molecule has 0 aromatic heterocycles. The normalized spacial score (nSPS) is 15.5. The minimum Gasteiger partial charge on any atom is -0.347 e. The van der Waals surface area contributed by atoms with Gasteiger partial charge in [-0.25, -0.2) is 0 Å². The lowest BCUT2D eigenvalue weighted by atomic mass is 10.1. The number of nitrogens with one attached hydrogen (secondary N) is 3. The fourth-order valence-corrected chi connectivity index (χ4v) is 4.13. The number of amides is 2. The van der Waals surface area contributed by atoms with Gasteiger partial charge in [-0.3, -0.25) is 9.59 Å². The van der Waals surface area contributed by atoms with Gasteiger partial charge in [0.05, 0.1) is 33.2 Å². The Morgan fingerprint density at radius 3 is 2.48 bits per heavy atom. The van der Waals surface area contributed by atoms with Gasteiger partial charge in [0.15, 0.2) is 13.1 Å². The predicted octanol–water partition coefficient (Wildman–Crippen LogP) is -0.638. The third-order valence-electron chi connectivity index (χ3n) is 6.01. The minimum atomic E-state index is -0.0269. The molecule has 0 bridgehead atoms. The topological polar surface area (TPSA) is 58.3 Å². The molecule has 1 unspecified atom stereocenters. The van der Waals surface area contributed by atoms with Gasteiger partial charge < -0.3 is 20.0 Å². The van der Waals surface area contributed by atoms with E-state index in [1.807, 2.05) is 43.1 Å². The van der Waals surface area contributed by atoms with Crippen molar-refractivity contribution >= 4 is 11.8 Å². The summed E-state index contributed by atoms with van der Waals surface area (Å²) in [7, 11) is 1.91. The van der Waals surface area contributed by atoms with Crippen molar-refractivity contribution in [1.82, 2.24) is 10.2 Å². The summed E-state index contributed by atoms with van der Waals surface area (Å²) in [5.74, 6) is 0.111. The second kappa shape index (κ2) is 11.1. The van der Waals surface area contributed by atoms with Crippen LogP contribution in [0.2, 0.25) is 0 Å². The molecule has 3 N–H and O–H groups in total. The number of hydrogen-bond donors (Lipinski definition) is 3. The van der Waals surface area contributed by atoms with Crippen LogP contribution in [-0.4, -0.2) is 63.0 Å². The van der Waals surface area contributed by atoms with Crippen molar-refractivity contribution in [1.29, 1.82) is 0 Å². The van der Waals surface area contributed by atoms with Crippen LogP contribution in [0.3, 0.4) is 0 Å². The zero-order valence-corrected chi connectivity index (χ0v) is 19.0. The Bertz CT molecular complexity index is 891. The summed E-state index contributed by atoms with van der Waals surface area (Å²) < 4.78 is 0. The Morgan fingerprint density at radius 2 is 1.77 bits per heavy atom. The smallest absolute Gasteiger partial charge is 0.278 e. The molecule has 31 heavy (non-hydrogen) atoms. The molecule has 6 nitrogen and oxygen atoms in total. The number of rotatable bonds is 8. The van der Waals surface area contributed by atoms with E-state index >= 15 is 0 Å². The minimum absolute atomic E-state index is 0.0269. The highest BCUT2D eigenvalue weighted by atomic mass is 16.2. The summed E-state index contributed by atoms with van der Waals surface area (Å²) in [4.78, 5) is 29.4. The number of aryl methyl sites for hydroxylation is 2. The van der Waals surface area contributed by atoms with Crippen LogP contribution in [0.15, 0.2) is 48.5 Å². The summed E-state index contributed by atoms with van der Waals surface area (Å²) in [5, 5.41) is 2.97. The SMILES string of the molecule is Cc1cccc(C[NH+]2CCN(C(=O)C[NH+](C)CC(=O)NCc3ccccc3C)CC2)c1. The molecule has 3 rings (SSSR count). The monoisotopic (exact) mass is 424 g/mol. The molecular formula is C25H36N4O2+2. The number of carbonyl (C=O) groups excluding carboxylic acids is 2. The van der Waals surface area contributed by atoms with E-state index in [9.17, 15) is 9.59 Å². The molecule has 166 valence electrons. The molecule has 0 spiro atoms. The standard InChI is InChI=1S/C25H34N4O2/c1-20-7-6-9-22(15-20)17-28-11-13-29(14-12-28)25(31)19-27(3)18-24(30)26-16-23-10-5-4-8-21(23)2/h4-10,15H,11-14,16-19H2,1-3H3,(H,26,30)/p+2. The fourth-order valence-electron chi connectivity index (χ4n) is 4.13. The van der Waals surface area contributed by atoms with Gasteiger partial charge in [-0.05, 0) is 25.0 Å². The molecule has 1 aliphatic rings. The van der Waals surface area contributed by atoms with E-state index in [-0.39, 0.29) is 11.8 Å². The van der Waals surface area contributed by atoms with Crippen molar-refractivity contribution in [3.8, 4) is 0 Å². The molecule has 2 aromatic rings. The maximum atomic E-state index is 12.7. The van der Waals surface area contributed by atoms with E-state index in [2.05, 4.69) is 36.5 Å². The van der Waals surface area contributed by atoms with Crippen LogP contribution in [0.5, 0.6) is 0 Å². The molecule has 1 saturated heterocycles. The van der Waals surface area contributed by atoms with Gasteiger partial charge in [-0.2, -0.15) is 0 Å². The molecule has 6 heteroatoms. The van der Waals surface area contributed by atoms with E-state index in [4.69, 9.17) is 0 Å². The van der Waals surface area contributed by atoms with E-state index in [1.54, 1.807) is 0 Å². The zero-order chi connectivity index (χ0) is 22.2. The summed E-state index contributed by atoms with van der Waals surface area (Å²) in [6.45, 7) is 9.86. The highest BCUT2D eigenvalue weighted by Crippen LogP contribution is 2.05. The van der Waals surface area contributed by atoms with Gasteiger partial charge in [0.1, 0.15) is 6.54 Å². The number of carbonyl (C=O) groups is 2. The summed E-state index contributed by atoms with van der Waals surface area (Å²) in [6.07, 6.45) is 0. The van der Waals surface area contributed by atoms with Gasteiger partial charge in [-0.15, -0.1) is 0 Å². The first-order valence-electron chi connectivity index (χ1n) is 11.2. The lowest BCUT2D eigenvalue weighted by Crippen LogP contribution is -3.14. The number of piperazine rings is 1. The van der Waals surface area contributed by atoms with Crippen LogP contribution in [-0.2, 0) is 22.7 Å². The highest BCUT2D eigenvalue weighted by Gasteiger charge is 2.26. The van der Waals surface area contributed by atoms with E-state index in [1.165, 1.54) is 21.6 Å². The van der Waals surface area contributed by atoms with Crippen LogP contribution in [0.1, 0.15) is 22.3 Å². The van der Waals surface area contributed by atoms with E-state index < -0.39 is 0 Å². The average Bonchev–Trinajstić information content (AvgIpc) is 2.73. The third kappa shape index (κ3) is 7.19. The van der Waals surface area contributed by atoms with Crippen molar-refractivity contribution in [3.63, 3.8) is 0 Å². The fraction of sp³-hybridized carbons (Fsp3) is 0.440. The Labute approximate surface area is 185 Å². The van der Waals surface area contributed by atoms with Crippen LogP contribution in [0.4, 0.5) is 0 Å². The maximum absolute atomic E-state index is 12.7. The third-order valence-corrected chi connectivity index (χ3v) is 6.01. The Kier molecular flexibility index (Phi) is 8.20. The van der Waals surface area contributed by atoms with Crippen LogP contribution >= 0.6 is 0 Å². The molecule has 2 aromatic carbocycles. The second-order valence-corrected chi connectivity index (χ2v) is 8.81. The number of quaternary nitrogens is 2. The summed E-state index contributed by atoms with van der Waals surface area (Å²) in [6, 6.07) is 16.7. The van der Waals surface area contributed by atoms with Crippen molar-refractivity contribution < 1.29 is 19.4 Å². The molecule has 1 aliphatic heterocycles. The molecule has 0 aliphatic carbocycles. The molecule has 1 heterocycles. The van der Waals surface area contributed by atoms with E-state index in [0.29, 0.717) is 19.6 Å². The average molecular weight is 425 g/mol. The van der Waals surface area contributed by atoms with Crippen molar-refractivity contribution in [2.75, 3.05) is 46.3 Å². The molecule has 0 radical (unpaired) electrons. The predicted molar refractivity (Wildman–Crippen MR) is 122 cm³/mol. The zero-order valence-electron chi connectivity index (χ0n) is 19.0. The Balaban J connectivity index is 1.37. The van der Waals surface area contributed by atoms with Crippen LogP contribution < -0.4 is 15.1 Å². The van der Waals surface area contributed by atoms with Gasteiger partial charge in [0, 0.05) is 12.1 Å². The lowest BCUT2D eigenvalue weighted by Gasteiger charge is -2.32. The number of hydrogen-bond acceptors (Lipinski definition) is 2. The van der Waals surface area contributed by atoms with Gasteiger partial charge in [-0.1, -0.05) is 54.1 Å². The molecular weight excluding hydrogens is 388 g/mol. The summed E-state index contributed by atoms with van der Waals surface area (Å²) in [5.41, 5.74) is 4.94.